The fraction of sp³-hybridized carbons (Fsp3) is 0.200. The van der Waals surface area contributed by atoms with Gasteiger partial charge < -0.3 is 10.6 Å². The Morgan fingerprint density at radius 1 is 0.789 bits per heavy atom. The van der Waals surface area contributed by atoms with Crippen molar-refractivity contribution in [1.82, 2.24) is 19.8 Å². The van der Waals surface area contributed by atoms with Crippen LogP contribution in [0.5, 0.6) is 0 Å². The van der Waals surface area contributed by atoms with E-state index in [1.165, 1.54) is 0 Å². The van der Waals surface area contributed by atoms with Crippen molar-refractivity contribution in [2.45, 2.75) is 40.0 Å². The van der Waals surface area contributed by atoms with Gasteiger partial charge in [-0.05, 0) is 55.3 Å². The zero-order valence-electron chi connectivity index (χ0n) is 22.1. The summed E-state index contributed by atoms with van der Waals surface area (Å²) < 4.78 is 1.61. The summed E-state index contributed by atoms with van der Waals surface area (Å²) in [5.74, 6) is -0.246. The number of hydrogen-bond donors (Lipinski definition) is 3. The minimum absolute atomic E-state index is 0.0864. The first-order valence-corrected chi connectivity index (χ1v) is 12.4. The molecule has 0 aliphatic rings. The highest BCUT2D eigenvalue weighted by molar-refractivity contribution is 6.10. The average Bonchev–Trinajstić information content (AvgIpc) is 3.46. The van der Waals surface area contributed by atoms with Gasteiger partial charge >= 0.3 is 0 Å². The second-order valence-corrected chi connectivity index (χ2v) is 10.5. The number of aromatic amines is 1. The van der Waals surface area contributed by atoms with Crippen LogP contribution >= 0.6 is 0 Å². The Balaban J connectivity index is 1.54. The lowest BCUT2D eigenvalue weighted by Gasteiger charge is -2.14. The average molecular weight is 507 g/mol. The first-order valence-electron chi connectivity index (χ1n) is 12.4. The molecule has 0 fully saturated rings. The van der Waals surface area contributed by atoms with Crippen LogP contribution in [0.15, 0.2) is 72.8 Å². The number of rotatable bonds is 5. The van der Waals surface area contributed by atoms with Crippen LogP contribution in [0.25, 0.3) is 17.0 Å². The van der Waals surface area contributed by atoms with Gasteiger partial charge in [0.05, 0.1) is 0 Å². The third kappa shape index (κ3) is 5.06. The minimum Gasteiger partial charge on any atom is -0.322 e. The van der Waals surface area contributed by atoms with Gasteiger partial charge in [-0.25, -0.2) is 4.98 Å². The number of aromatic nitrogens is 4. The molecule has 5 rings (SSSR count). The van der Waals surface area contributed by atoms with Crippen LogP contribution in [0.4, 0.5) is 11.4 Å². The van der Waals surface area contributed by atoms with E-state index in [9.17, 15) is 9.59 Å². The number of carbonyl (C=O) groups is 2. The zero-order valence-corrected chi connectivity index (χ0v) is 22.1. The summed E-state index contributed by atoms with van der Waals surface area (Å²) in [5.41, 5.74) is 6.08. The fourth-order valence-electron chi connectivity index (χ4n) is 4.12. The van der Waals surface area contributed by atoms with E-state index >= 15 is 0 Å². The smallest absolute Gasteiger partial charge is 0.255 e. The molecular weight excluding hydrogens is 476 g/mol. The standard InChI is InChI=1S/C30H30N6O2/c1-18-10-6-8-12-23(18)31-28(37)21-14-20(27-33-26-17-25(30(3,4)5)34-36(26)35-27)15-22(16-21)29(38)32-24-13-9-7-11-19(24)2/h6-17,34H,1-5H3,(H,31,37)(H,32,38). The van der Waals surface area contributed by atoms with Gasteiger partial charge in [-0.2, -0.15) is 4.63 Å². The molecule has 8 heteroatoms. The van der Waals surface area contributed by atoms with E-state index in [1.54, 1.807) is 22.8 Å². The number of nitrogens with zero attached hydrogens (tertiary/aromatic N) is 3. The number of nitrogens with one attached hydrogen (secondary N) is 3. The van der Waals surface area contributed by atoms with Crippen molar-refractivity contribution in [2.75, 3.05) is 10.6 Å². The van der Waals surface area contributed by atoms with Gasteiger partial charge in [-0.15, -0.1) is 5.10 Å². The summed E-state index contributed by atoms with van der Waals surface area (Å²) in [6.45, 7) is 10.2. The number of fused-ring (bicyclic) bond motifs is 1. The molecule has 0 aliphatic heterocycles. The van der Waals surface area contributed by atoms with Crippen molar-refractivity contribution in [3.05, 3.63) is 101 Å². The zero-order chi connectivity index (χ0) is 27.0. The molecule has 8 nitrogen and oxygen atoms in total. The molecule has 5 aromatic rings. The van der Waals surface area contributed by atoms with Gasteiger partial charge in [0.1, 0.15) is 0 Å². The number of anilines is 2. The third-order valence-corrected chi connectivity index (χ3v) is 6.44. The SMILES string of the molecule is Cc1ccccc1NC(=O)c1cc(C(=O)Nc2ccccc2C)cc(-c2nc3cc(C(C)(C)C)[nH]n3n2)c1. The minimum atomic E-state index is -0.328. The van der Waals surface area contributed by atoms with E-state index < -0.39 is 0 Å². The molecule has 2 heterocycles. The van der Waals surface area contributed by atoms with E-state index in [0.717, 1.165) is 16.8 Å². The highest BCUT2D eigenvalue weighted by Crippen LogP contribution is 2.26. The van der Waals surface area contributed by atoms with E-state index in [-0.39, 0.29) is 17.2 Å². The van der Waals surface area contributed by atoms with Crippen molar-refractivity contribution in [3.8, 4) is 11.4 Å². The molecule has 0 saturated carbocycles. The predicted octanol–water partition coefficient (Wildman–Crippen LogP) is 6.14. The lowest BCUT2D eigenvalue weighted by molar-refractivity contribution is 0.102. The summed E-state index contributed by atoms with van der Waals surface area (Å²) in [6, 6.07) is 22.0. The molecule has 2 amide bonds. The van der Waals surface area contributed by atoms with Crippen LogP contribution in [0.2, 0.25) is 0 Å². The topological polar surface area (TPSA) is 104 Å². The van der Waals surface area contributed by atoms with Crippen molar-refractivity contribution < 1.29 is 9.59 Å². The lowest BCUT2D eigenvalue weighted by Crippen LogP contribution is -2.17. The van der Waals surface area contributed by atoms with Crippen molar-refractivity contribution in [2.24, 2.45) is 0 Å². The summed E-state index contributed by atoms with van der Waals surface area (Å²) >= 11 is 0. The van der Waals surface area contributed by atoms with E-state index in [1.807, 2.05) is 68.4 Å². The van der Waals surface area contributed by atoms with Gasteiger partial charge in [0, 0.05) is 45.2 Å². The van der Waals surface area contributed by atoms with Crippen molar-refractivity contribution in [1.29, 1.82) is 0 Å². The number of carbonyl (C=O) groups excluding carboxylic acids is 2. The molecule has 38 heavy (non-hydrogen) atoms. The Morgan fingerprint density at radius 2 is 1.32 bits per heavy atom. The fourth-order valence-corrected chi connectivity index (χ4v) is 4.12. The highest BCUT2D eigenvalue weighted by Gasteiger charge is 2.21. The molecule has 2 aromatic heterocycles. The molecule has 0 bridgehead atoms. The van der Waals surface area contributed by atoms with Crippen molar-refractivity contribution >= 4 is 28.8 Å². The third-order valence-electron chi connectivity index (χ3n) is 6.44. The van der Waals surface area contributed by atoms with Crippen LogP contribution < -0.4 is 10.6 Å². The Kier molecular flexibility index (Phi) is 6.32. The molecule has 0 aliphatic carbocycles. The number of H-pyrrole nitrogens is 1. The quantitative estimate of drug-likeness (QED) is 0.266. The molecule has 0 atom stereocenters. The maximum absolute atomic E-state index is 13.3. The first-order chi connectivity index (χ1) is 18.1. The van der Waals surface area contributed by atoms with Crippen LogP contribution in [0.3, 0.4) is 0 Å². The molecule has 0 radical (unpaired) electrons. The molecule has 3 N–H and O–H groups in total. The maximum atomic E-state index is 13.3. The summed E-state index contributed by atoms with van der Waals surface area (Å²) in [4.78, 5) is 31.3. The summed E-state index contributed by atoms with van der Waals surface area (Å²) in [5, 5.41) is 13.8. The predicted molar refractivity (Wildman–Crippen MR) is 150 cm³/mol. The Morgan fingerprint density at radius 3 is 1.79 bits per heavy atom. The highest BCUT2D eigenvalue weighted by atomic mass is 16.2. The van der Waals surface area contributed by atoms with Crippen LogP contribution in [-0.4, -0.2) is 31.6 Å². The normalized spacial score (nSPS) is 11.5. The van der Waals surface area contributed by atoms with Crippen LogP contribution in [-0.2, 0) is 5.41 Å². The van der Waals surface area contributed by atoms with Gasteiger partial charge in [0.2, 0.25) is 0 Å². The Labute approximate surface area is 221 Å². The molecule has 0 saturated heterocycles. The maximum Gasteiger partial charge on any atom is 0.255 e. The van der Waals surface area contributed by atoms with Crippen LogP contribution in [0, 0.1) is 13.8 Å². The van der Waals surface area contributed by atoms with Crippen molar-refractivity contribution in [3.63, 3.8) is 0 Å². The van der Waals surface area contributed by atoms with Gasteiger partial charge in [0.15, 0.2) is 11.5 Å². The van der Waals surface area contributed by atoms with Gasteiger partial charge in [-0.3, -0.25) is 14.7 Å². The second-order valence-electron chi connectivity index (χ2n) is 10.5. The molecular formula is C30H30N6O2. The largest absolute Gasteiger partial charge is 0.322 e. The summed E-state index contributed by atoms with van der Waals surface area (Å²) in [7, 11) is 0. The van der Waals surface area contributed by atoms with E-state index in [2.05, 4.69) is 46.6 Å². The number of amides is 2. The number of para-hydroxylation sites is 2. The van der Waals surface area contributed by atoms with E-state index in [4.69, 9.17) is 0 Å². The first kappa shape index (κ1) is 25.0. The van der Waals surface area contributed by atoms with Gasteiger partial charge in [0.25, 0.3) is 11.8 Å². The Hall–Kier alpha value is -4.72. The lowest BCUT2D eigenvalue weighted by atomic mass is 9.93. The number of hydrogen-bond acceptors (Lipinski definition) is 4. The van der Waals surface area contributed by atoms with Crippen LogP contribution in [0.1, 0.15) is 58.3 Å². The monoisotopic (exact) mass is 506 g/mol. The molecule has 0 unspecified atom stereocenters. The second kappa shape index (κ2) is 9.63. The van der Waals surface area contributed by atoms with E-state index in [0.29, 0.717) is 39.5 Å². The molecule has 0 spiro atoms. The summed E-state index contributed by atoms with van der Waals surface area (Å²) in [6.07, 6.45) is 0. The van der Waals surface area contributed by atoms with Gasteiger partial charge in [-0.1, -0.05) is 57.2 Å². The Bertz CT molecular complexity index is 1560. The number of benzene rings is 3. The molecule has 3 aromatic carbocycles. The molecule has 192 valence electrons. The number of aryl methyl sites for hydroxylation is 2.